The molecule has 2 N–H and O–H groups in total. The first-order valence-corrected chi connectivity index (χ1v) is 7.14. The summed E-state index contributed by atoms with van der Waals surface area (Å²) in [7, 11) is 1.52. The van der Waals surface area contributed by atoms with Gasteiger partial charge in [0, 0.05) is 12.4 Å². The van der Waals surface area contributed by atoms with Gasteiger partial charge in [-0.25, -0.2) is 4.68 Å². The molecule has 0 aliphatic rings. The van der Waals surface area contributed by atoms with Crippen LogP contribution in [-0.2, 0) is 18.3 Å². The van der Waals surface area contributed by atoms with Gasteiger partial charge in [0.2, 0.25) is 5.91 Å². The number of nitrogens with zero attached hydrogens (tertiary/aromatic N) is 2. The lowest BCUT2D eigenvalue weighted by molar-refractivity contribution is -0.121. The number of furan rings is 1. The van der Waals surface area contributed by atoms with Gasteiger partial charge >= 0.3 is 5.91 Å². The average Bonchev–Trinajstić information content (AvgIpc) is 3.12. The Labute approximate surface area is 136 Å². The lowest BCUT2D eigenvalue weighted by atomic mass is 10.1. The van der Waals surface area contributed by atoms with E-state index in [2.05, 4.69) is 16.0 Å². The van der Waals surface area contributed by atoms with Crippen molar-refractivity contribution < 1.29 is 14.0 Å². The normalized spacial score (nSPS) is 10.5. The Kier molecular flexibility index (Phi) is 4.11. The van der Waals surface area contributed by atoms with E-state index in [0.29, 0.717) is 16.5 Å². The second-order valence-corrected chi connectivity index (χ2v) is 5.08. The second-order valence-electron chi connectivity index (χ2n) is 5.08. The molecule has 3 rings (SSSR count). The maximum absolute atomic E-state index is 12.0. The fourth-order valence-corrected chi connectivity index (χ4v) is 2.30. The number of hydrogen-bond acceptors (Lipinski definition) is 5. The lowest BCUT2D eigenvalue weighted by Gasteiger charge is -2.09. The van der Waals surface area contributed by atoms with E-state index in [1.54, 1.807) is 30.3 Å². The number of aryl methyl sites for hydroxylation is 1. The number of carbonyl (C=O) groups is 2. The molecule has 24 heavy (non-hydrogen) atoms. The van der Waals surface area contributed by atoms with Crippen LogP contribution in [0.4, 0.5) is 0 Å². The molecular weight excluding hydrogens is 312 g/mol. The van der Waals surface area contributed by atoms with Crippen LogP contribution < -0.4 is 16.4 Å². The van der Waals surface area contributed by atoms with Crippen LogP contribution in [0.2, 0.25) is 0 Å². The molecule has 8 nitrogen and oxygen atoms in total. The molecule has 8 heteroatoms. The van der Waals surface area contributed by atoms with Crippen LogP contribution in [0.15, 0.2) is 51.9 Å². The van der Waals surface area contributed by atoms with E-state index in [1.165, 1.54) is 24.1 Å². The minimum atomic E-state index is -0.563. The predicted octanol–water partition coefficient (Wildman–Crippen LogP) is 0.530. The zero-order valence-corrected chi connectivity index (χ0v) is 12.8. The minimum absolute atomic E-state index is 0.0842. The Morgan fingerprint density at radius 1 is 1.12 bits per heavy atom. The third-order valence-corrected chi connectivity index (χ3v) is 3.42. The van der Waals surface area contributed by atoms with Crippen molar-refractivity contribution in [2.45, 2.75) is 6.42 Å². The number of hydrogen-bond donors (Lipinski definition) is 2. The number of nitrogens with one attached hydrogen (secondary N) is 2. The van der Waals surface area contributed by atoms with Gasteiger partial charge in [-0.3, -0.25) is 25.2 Å². The summed E-state index contributed by atoms with van der Waals surface area (Å²) in [4.78, 5) is 35.8. The minimum Gasteiger partial charge on any atom is -0.459 e. The monoisotopic (exact) mass is 326 g/mol. The number of fused-ring (bicyclic) bond motifs is 1. The summed E-state index contributed by atoms with van der Waals surface area (Å²) < 4.78 is 6.11. The summed E-state index contributed by atoms with van der Waals surface area (Å²) in [6.45, 7) is 0. The highest BCUT2D eigenvalue weighted by Crippen LogP contribution is 2.13. The van der Waals surface area contributed by atoms with Crippen molar-refractivity contribution in [1.29, 1.82) is 0 Å². The van der Waals surface area contributed by atoms with Crippen molar-refractivity contribution in [1.82, 2.24) is 20.6 Å². The molecule has 0 radical (unpaired) electrons. The first-order chi connectivity index (χ1) is 11.6. The van der Waals surface area contributed by atoms with Gasteiger partial charge in [0.25, 0.3) is 5.56 Å². The van der Waals surface area contributed by atoms with E-state index in [9.17, 15) is 14.4 Å². The molecule has 0 fully saturated rings. The molecule has 0 bridgehead atoms. The van der Waals surface area contributed by atoms with Crippen LogP contribution in [0.3, 0.4) is 0 Å². The van der Waals surface area contributed by atoms with E-state index in [4.69, 9.17) is 4.42 Å². The number of benzene rings is 1. The van der Waals surface area contributed by atoms with E-state index in [-0.39, 0.29) is 17.7 Å². The number of amides is 2. The van der Waals surface area contributed by atoms with Gasteiger partial charge in [0.1, 0.15) is 0 Å². The number of hydrazine groups is 1. The van der Waals surface area contributed by atoms with Gasteiger partial charge in [-0.05, 0) is 18.2 Å². The molecule has 0 saturated carbocycles. The number of carbonyl (C=O) groups excluding carboxylic acids is 2. The van der Waals surface area contributed by atoms with Crippen LogP contribution in [-0.4, -0.2) is 21.6 Å². The Balaban J connectivity index is 1.75. The maximum atomic E-state index is 12.0. The molecule has 0 spiro atoms. The molecule has 0 unspecified atom stereocenters. The highest BCUT2D eigenvalue weighted by atomic mass is 16.3. The summed E-state index contributed by atoms with van der Waals surface area (Å²) in [5, 5.41) is 5.22. The van der Waals surface area contributed by atoms with Crippen molar-refractivity contribution in [2.24, 2.45) is 7.05 Å². The standard InChI is InChI=1S/C16H14N4O4/c1-20-16(23)11-6-3-2-5-10(11)12(19-20)9-14(21)17-18-15(22)13-7-4-8-24-13/h2-8H,9H2,1H3,(H,17,21)(H,18,22). The topological polar surface area (TPSA) is 106 Å². The third kappa shape index (κ3) is 3.02. The van der Waals surface area contributed by atoms with Crippen LogP contribution in [0, 0.1) is 0 Å². The van der Waals surface area contributed by atoms with Crippen molar-refractivity contribution >= 4 is 22.6 Å². The molecule has 1 aromatic carbocycles. The van der Waals surface area contributed by atoms with Crippen LogP contribution in [0.25, 0.3) is 10.8 Å². The predicted molar refractivity (Wildman–Crippen MR) is 85.0 cm³/mol. The highest BCUT2D eigenvalue weighted by molar-refractivity contribution is 5.93. The summed E-state index contributed by atoms with van der Waals surface area (Å²) >= 11 is 0. The van der Waals surface area contributed by atoms with Crippen LogP contribution in [0.5, 0.6) is 0 Å². The van der Waals surface area contributed by atoms with Gasteiger partial charge in [-0.1, -0.05) is 18.2 Å². The van der Waals surface area contributed by atoms with Gasteiger partial charge in [-0.2, -0.15) is 5.10 Å². The molecule has 122 valence electrons. The van der Waals surface area contributed by atoms with Gasteiger partial charge in [0.05, 0.1) is 23.8 Å². The third-order valence-electron chi connectivity index (χ3n) is 3.42. The molecule has 2 amide bonds. The molecule has 0 aliphatic heterocycles. The van der Waals surface area contributed by atoms with E-state index in [0.717, 1.165) is 0 Å². The quantitative estimate of drug-likeness (QED) is 0.683. The molecule has 0 atom stereocenters. The average molecular weight is 326 g/mol. The molecule has 2 heterocycles. The summed E-state index contributed by atoms with van der Waals surface area (Å²) in [6.07, 6.45) is 1.27. The molecule has 0 aliphatic carbocycles. The summed E-state index contributed by atoms with van der Waals surface area (Å²) in [5.74, 6) is -0.946. The Bertz CT molecular complexity index is 960. The zero-order chi connectivity index (χ0) is 17.1. The largest absolute Gasteiger partial charge is 0.459 e. The number of rotatable bonds is 3. The van der Waals surface area contributed by atoms with E-state index in [1.807, 2.05) is 0 Å². The second kappa shape index (κ2) is 6.37. The first-order valence-electron chi connectivity index (χ1n) is 7.14. The van der Waals surface area contributed by atoms with Crippen molar-refractivity contribution in [3.8, 4) is 0 Å². The first kappa shape index (κ1) is 15.5. The molecular formula is C16H14N4O4. The van der Waals surface area contributed by atoms with Gasteiger partial charge in [-0.15, -0.1) is 0 Å². The molecule has 2 aromatic heterocycles. The van der Waals surface area contributed by atoms with E-state index >= 15 is 0 Å². The van der Waals surface area contributed by atoms with Crippen molar-refractivity contribution in [2.75, 3.05) is 0 Å². The smallest absolute Gasteiger partial charge is 0.305 e. The number of aromatic nitrogens is 2. The van der Waals surface area contributed by atoms with E-state index < -0.39 is 11.8 Å². The maximum Gasteiger partial charge on any atom is 0.305 e. The highest BCUT2D eigenvalue weighted by Gasteiger charge is 2.14. The van der Waals surface area contributed by atoms with Crippen molar-refractivity contribution in [3.63, 3.8) is 0 Å². The fraction of sp³-hybridized carbons (Fsp3) is 0.125. The Morgan fingerprint density at radius 3 is 2.58 bits per heavy atom. The fourth-order valence-electron chi connectivity index (χ4n) is 2.30. The van der Waals surface area contributed by atoms with Crippen LogP contribution >= 0.6 is 0 Å². The van der Waals surface area contributed by atoms with Crippen molar-refractivity contribution in [3.05, 3.63) is 64.5 Å². The Hall–Kier alpha value is -3.42. The molecule has 3 aromatic rings. The summed E-state index contributed by atoms with van der Waals surface area (Å²) in [5.41, 5.74) is 4.75. The lowest BCUT2D eigenvalue weighted by Crippen LogP contribution is -2.42. The zero-order valence-electron chi connectivity index (χ0n) is 12.8. The SMILES string of the molecule is Cn1nc(CC(=O)NNC(=O)c2ccco2)c2ccccc2c1=O. The Morgan fingerprint density at radius 2 is 1.88 bits per heavy atom. The molecule has 0 saturated heterocycles. The van der Waals surface area contributed by atoms with Gasteiger partial charge < -0.3 is 4.42 Å². The van der Waals surface area contributed by atoms with Crippen LogP contribution in [0.1, 0.15) is 16.2 Å². The van der Waals surface area contributed by atoms with Gasteiger partial charge in [0.15, 0.2) is 5.76 Å². The summed E-state index contributed by atoms with van der Waals surface area (Å²) in [6, 6.07) is 9.97.